The van der Waals surface area contributed by atoms with E-state index in [0.29, 0.717) is 18.4 Å². The average molecular weight is 235 g/mol. The van der Waals surface area contributed by atoms with E-state index in [1.165, 1.54) is 0 Å². The fraction of sp³-hybridized carbons (Fsp3) is 0.727. The second-order valence-electron chi connectivity index (χ2n) is 4.90. The third-order valence-electron chi connectivity index (χ3n) is 3.54. The van der Waals surface area contributed by atoms with Gasteiger partial charge in [-0.05, 0) is 19.3 Å². The molecule has 1 aliphatic carbocycles. The lowest BCUT2D eigenvalue weighted by molar-refractivity contribution is -0.131. The van der Waals surface area contributed by atoms with Gasteiger partial charge >= 0.3 is 0 Å². The lowest BCUT2D eigenvalue weighted by atomic mass is 10.3. The maximum Gasteiger partial charge on any atom is 0.225 e. The maximum atomic E-state index is 11.9. The first kappa shape index (κ1) is 10.7. The molecule has 2 aliphatic rings. The van der Waals surface area contributed by atoms with Crippen LogP contribution >= 0.6 is 0 Å². The van der Waals surface area contributed by atoms with Gasteiger partial charge in [0.1, 0.15) is 0 Å². The summed E-state index contributed by atoms with van der Waals surface area (Å²) in [6, 6.07) is 0.269. The summed E-state index contributed by atoms with van der Waals surface area (Å²) in [5, 5.41) is 8.05. The van der Waals surface area contributed by atoms with Crippen LogP contribution in [-0.4, -0.2) is 38.9 Å². The Morgan fingerprint density at radius 1 is 1.47 bits per heavy atom. The first-order valence-corrected chi connectivity index (χ1v) is 6.17. The zero-order chi connectivity index (χ0) is 11.8. The molecule has 0 spiro atoms. The highest BCUT2D eigenvalue weighted by atomic mass is 16.2. The van der Waals surface area contributed by atoms with Gasteiger partial charge < -0.3 is 10.6 Å². The lowest BCUT2D eigenvalue weighted by Gasteiger charge is -2.15. The number of nitrogens with two attached hydrogens (primary N) is 1. The molecule has 6 nitrogen and oxygen atoms in total. The van der Waals surface area contributed by atoms with E-state index in [1.807, 2.05) is 15.8 Å². The Balaban J connectivity index is 1.64. The average Bonchev–Trinajstić information content (AvgIpc) is 2.91. The quantitative estimate of drug-likeness (QED) is 0.795. The van der Waals surface area contributed by atoms with Gasteiger partial charge in [0.15, 0.2) is 0 Å². The van der Waals surface area contributed by atoms with Crippen molar-refractivity contribution in [1.82, 2.24) is 19.9 Å². The summed E-state index contributed by atoms with van der Waals surface area (Å²) in [6.45, 7) is 2.03. The summed E-state index contributed by atoms with van der Waals surface area (Å²) in [5.41, 5.74) is 6.31. The smallest absolute Gasteiger partial charge is 0.225 e. The number of carbonyl (C=O) groups is 1. The molecule has 1 saturated heterocycles. The Bertz CT molecular complexity index is 425. The summed E-state index contributed by atoms with van der Waals surface area (Å²) in [4.78, 5) is 13.9. The lowest BCUT2D eigenvalue weighted by Crippen LogP contribution is -2.30. The van der Waals surface area contributed by atoms with Crippen molar-refractivity contribution in [1.29, 1.82) is 0 Å². The first-order chi connectivity index (χ1) is 8.28. The third-order valence-corrected chi connectivity index (χ3v) is 3.54. The van der Waals surface area contributed by atoms with E-state index in [9.17, 15) is 4.79 Å². The topological polar surface area (TPSA) is 77.0 Å². The van der Waals surface area contributed by atoms with Gasteiger partial charge in [-0.2, -0.15) is 0 Å². The fourth-order valence-corrected chi connectivity index (χ4v) is 2.33. The van der Waals surface area contributed by atoms with Crippen LogP contribution in [0.2, 0.25) is 0 Å². The standard InChI is InChI=1S/C11H17N5O/c12-5-9-6-16(14-13-9)10-3-4-15(7-10)11(17)8-1-2-8/h6,8,10H,1-5,7,12H2/t10-/m1/s1. The molecule has 0 unspecified atom stereocenters. The molecule has 1 aromatic heterocycles. The number of aromatic nitrogens is 3. The van der Waals surface area contributed by atoms with E-state index in [0.717, 1.165) is 38.0 Å². The molecule has 0 radical (unpaired) electrons. The number of carbonyl (C=O) groups excluding carboxylic acids is 1. The molecular formula is C11H17N5O. The van der Waals surface area contributed by atoms with Gasteiger partial charge in [-0.1, -0.05) is 5.21 Å². The van der Waals surface area contributed by atoms with Crippen LogP contribution in [0.25, 0.3) is 0 Å². The molecule has 1 atom stereocenters. The molecule has 92 valence electrons. The van der Waals surface area contributed by atoms with E-state index in [1.54, 1.807) is 0 Å². The highest BCUT2D eigenvalue weighted by Crippen LogP contribution is 2.33. The molecular weight excluding hydrogens is 218 g/mol. The molecule has 0 bridgehead atoms. The Labute approximate surface area is 99.8 Å². The van der Waals surface area contributed by atoms with Crippen molar-refractivity contribution >= 4 is 5.91 Å². The van der Waals surface area contributed by atoms with E-state index < -0.39 is 0 Å². The van der Waals surface area contributed by atoms with Crippen LogP contribution in [0.5, 0.6) is 0 Å². The number of nitrogens with zero attached hydrogens (tertiary/aromatic N) is 4. The Kier molecular flexibility index (Phi) is 2.58. The zero-order valence-corrected chi connectivity index (χ0v) is 9.75. The van der Waals surface area contributed by atoms with Gasteiger partial charge in [-0.3, -0.25) is 4.79 Å². The van der Waals surface area contributed by atoms with Gasteiger partial charge in [-0.15, -0.1) is 5.10 Å². The maximum absolute atomic E-state index is 11.9. The van der Waals surface area contributed by atoms with Crippen molar-refractivity contribution in [2.45, 2.75) is 31.8 Å². The molecule has 2 N–H and O–H groups in total. The summed E-state index contributed by atoms with van der Waals surface area (Å²) in [5.74, 6) is 0.635. The SMILES string of the molecule is NCc1cn([C@@H]2CCN(C(=O)C3CC3)C2)nn1. The van der Waals surface area contributed by atoms with E-state index in [4.69, 9.17) is 5.73 Å². The predicted octanol–water partition coefficient (Wildman–Crippen LogP) is -0.0798. The minimum absolute atomic E-state index is 0.269. The van der Waals surface area contributed by atoms with Crippen LogP contribution in [0.4, 0.5) is 0 Å². The minimum Gasteiger partial charge on any atom is -0.340 e. The molecule has 3 rings (SSSR count). The van der Waals surface area contributed by atoms with E-state index in [-0.39, 0.29) is 6.04 Å². The number of amides is 1. The van der Waals surface area contributed by atoms with Crippen molar-refractivity contribution in [3.8, 4) is 0 Å². The first-order valence-electron chi connectivity index (χ1n) is 6.17. The Hall–Kier alpha value is -1.43. The number of rotatable bonds is 3. The largest absolute Gasteiger partial charge is 0.340 e. The number of hydrogen-bond acceptors (Lipinski definition) is 4. The molecule has 17 heavy (non-hydrogen) atoms. The summed E-state index contributed by atoms with van der Waals surface area (Å²) in [7, 11) is 0. The Morgan fingerprint density at radius 2 is 2.29 bits per heavy atom. The second-order valence-corrected chi connectivity index (χ2v) is 4.90. The third kappa shape index (κ3) is 2.04. The number of hydrogen-bond donors (Lipinski definition) is 1. The van der Waals surface area contributed by atoms with Crippen LogP contribution in [0.1, 0.15) is 31.0 Å². The predicted molar refractivity (Wildman–Crippen MR) is 60.9 cm³/mol. The summed E-state index contributed by atoms with van der Waals surface area (Å²) >= 11 is 0. The van der Waals surface area contributed by atoms with Gasteiger partial charge in [0, 0.05) is 25.6 Å². The van der Waals surface area contributed by atoms with Crippen molar-refractivity contribution in [2.75, 3.05) is 13.1 Å². The molecule has 1 aromatic rings. The normalized spacial score (nSPS) is 24.3. The van der Waals surface area contributed by atoms with E-state index >= 15 is 0 Å². The van der Waals surface area contributed by atoms with Crippen molar-refractivity contribution in [3.05, 3.63) is 11.9 Å². The van der Waals surface area contributed by atoms with Gasteiger partial charge in [0.2, 0.25) is 5.91 Å². The monoisotopic (exact) mass is 235 g/mol. The molecule has 1 amide bonds. The minimum atomic E-state index is 0.269. The molecule has 0 aromatic carbocycles. The molecule has 2 heterocycles. The second kappa shape index (κ2) is 4.10. The van der Waals surface area contributed by atoms with Gasteiger partial charge in [0.25, 0.3) is 0 Å². The molecule has 1 saturated carbocycles. The number of likely N-dealkylation sites (tertiary alicyclic amines) is 1. The van der Waals surface area contributed by atoms with Gasteiger partial charge in [-0.25, -0.2) is 4.68 Å². The van der Waals surface area contributed by atoms with E-state index in [2.05, 4.69) is 10.3 Å². The summed E-state index contributed by atoms with van der Waals surface area (Å²) < 4.78 is 1.85. The van der Waals surface area contributed by atoms with Crippen molar-refractivity contribution < 1.29 is 4.79 Å². The highest BCUT2D eigenvalue weighted by Gasteiger charge is 2.37. The van der Waals surface area contributed by atoms with Crippen LogP contribution in [0.15, 0.2) is 6.20 Å². The summed E-state index contributed by atoms with van der Waals surface area (Å²) in [6.07, 6.45) is 4.99. The van der Waals surface area contributed by atoms with Crippen LogP contribution in [-0.2, 0) is 11.3 Å². The van der Waals surface area contributed by atoms with Crippen molar-refractivity contribution in [3.63, 3.8) is 0 Å². The molecule has 1 aliphatic heterocycles. The zero-order valence-electron chi connectivity index (χ0n) is 9.75. The van der Waals surface area contributed by atoms with Gasteiger partial charge in [0.05, 0.1) is 17.9 Å². The van der Waals surface area contributed by atoms with Crippen LogP contribution < -0.4 is 5.73 Å². The molecule has 6 heteroatoms. The van der Waals surface area contributed by atoms with Crippen LogP contribution in [0.3, 0.4) is 0 Å². The van der Waals surface area contributed by atoms with Crippen molar-refractivity contribution in [2.24, 2.45) is 11.7 Å². The highest BCUT2D eigenvalue weighted by molar-refractivity contribution is 5.81. The fourth-order valence-electron chi connectivity index (χ4n) is 2.33. The Morgan fingerprint density at radius 3 is 2.94 bits per heavy atom. The van der Waals surface area contributed by atoms with Crippen LogP contribution in [0, 0.1) is 5.92 Å². The molecule has 2 fully saturated rings.